The van der Waals surface area contributed by atoms with E-state index in [1.807, 2.05) is 6.07 Å². The summed E-state index contributed by atoms with van der Waals surface area (Å²) < 4.78 is 2.41. The highest BCUT2D eigenvalue weighted by molar-refractivity contribution is 6.16. The molecule has 0 saturated carbocycles. The Morgan fingerprint density at radius 1 is 0.638 bits per heavy atom. The van der Waals surface area contributed by atoms with Crippen molar-refractivity contribution in [2.75, 3.05) is 4.90 Å². The molecule has 0 spiro atoms. The SMILES string of the molecule is Cc1cccc(-n2c3ccccc3c3c(-c4ccccc4C4C=CC=C5c6cc(C#N)ccc6N(c6ccccc6)C54)cccc32)c1. The van der Waals surface area contributed by atoms with Crippen molar-refractivity contribution in [1.29, 1.82) is 5.26 Å². The predicted octanol–water partition coefficient (Wildman–Crippen LogP) is 10.9. The lowest BCUT2D eigenvalue weighted by molar-refractivity contribution is 0.725. The number of anilines is 2. The molecule has 1 aromatic heterocycles. The fraction of sp³-hybridized carbons (Fsp3) is 0.0682. The molecule has 3 heteroatoms. The summed E-state index contributed by atoms with van der Waals surface area (Å²) in [4.78, 5) is 2.47. The van der Waals surface area contributed by atoms with Gasteiger partial charge < -0.3 is 9.47 Å². The van der Waals surface area contributed by atoms with Crippen LogP contribution >= 0.6 is 0 Å². The summed E-state index contributed by atoms with van der Waals surface area (Å²) in [6.07, 6.45) is 6.80. The maximum absolute atomic E-state index is 9.79. The number of fused-ring (bicyclic) bond motifs is 6. The Morgan fingerprint density at radius 3 is 2.26 bits per heavy atom. The summed E-state index contributed by atoms with van der Waals surface area (Å²) in [7, 11) is 0. The lowest BCUT2D eigenvalue weighted by atomic mass is 9.79. The van der Waals surface area contributed by atoms with Gasteiger partial charge in [0.25, 0.3) is 0 Å². The van der Waals surface area contributed by atoms with Crippen LogP contribution in [-0.4, -0.2) is 10.6 Å². The summed E-state index contributed by atoms with van der Waals surface area (Å²) in [6.45, 7) is 2.15. The van der Waals surface area contributed by atoms with Crippen molar-refractivity contribution >= 4 is 38.8 Å². The van der Waals surface area contributed by atoms with Gasteiger partial charge in [-0.25, -0.2) is 0 Å². The van der Waals surface area contributed by atoms with Gasteiger partial charge in [-0.3, -0.25) is 0 Å². The van der Waals surface area contributed by atoms with Crippen LogP contribution in [-0.2, 0) is 0 Å². The van der Waals surface area contributed by atoms with Gasteiger partial charge in [0.1, 0.15) is 0 Å². The minimum atomic E-state index is 0.0420. The Balaban J connectivity index is 1.27. The molecule has 0 radical (unpaired) electrons. The number of hydrogen-bond acceptors (Lipinski definition) is 2. The van der Waals surface area contributed by atoms with Gasteiger partial charge >= 0.3 is 0 Å². The Kier molecular flexibility index (Phi) is 6.23. The predicted molar refractivity (Wildman–Crippen MR) is 194 cm³/mol. The average molecular weight is 602 g/mol. The van der Waals surface area contributed by atoms with Crippen molar-refractivity contribution in [3.8, 4) is 22.9 Å². The summed E-state index contributed by atoms with van der Waals surface area (Å²) in [5, 5.41) is 12.3. The number of aromatic nitrogens is 1. The molecule has 0 amide bonds. The molecule has 2 atom stereocenters. The first-order chi connectivity index (χ1) is 23.2. The van der Waals surface area contributed by atoms with Crippen LogP contribution in [0.1, 0.15) is 28.2 Å². The van der Waals surface area contributed by atoms with Crippen LogP contribution in [0.15, 0.2) is 158 Å². The van der Waals surface area contributed by atoms with Gasteiger partial charge in [0.2, 0.25) is 0 Å². The molecule has 2 aliphatic rings. The Hall–Kier alpha value is -6.11. The molecule has 0 fully saturated rings. The van der Waals surface area contributed by atoms with Crippen LogP contribution in [0.3, 0.4) is 0 Å². The van der Waals surface area contributed by atoms with Crippen molar-refractivity contribution in [3.05, 3.63) is 180 Å². The summed E-state index contributed by atoms with van der Waals surface area (Å²) in [5.41, 5.74) is 13.9. The van der Waals surface area contributed by atoms with E-state index in [1.54, 1.807) is 0 Å². The standard InChI is InChI=1S/C44H31N3/c1-29-12-9-15-32(26-29)46-40-22-8-7-18-38(40)43-35(19-11-23-42(43)46)33-16-5-6-17-34(33)36-20-10-21-37-39-27-30(28-45)24-25-41(39)47(44(36)37)31-13-3-2-4-14-31/h2-27,36,44H,1H3. The maximum Gasteiger partial charge on any atom is 0.0991 e. The van der Waals surface area contributed by atoms with Gasteiger partial charge in [0.15, 0.2) is 0 Å². The van der Waals surface area contributed by atoms with Gasteiger partial charge in [0.05, 0.1) is 28.7 Å². The number of para-hydroxylation sites is 2. The highest BCUT2D eigenvalue weighted by Gasteiger charge is 2.41. The molecule has 0 N–H and O–H groups in total. The quantitative estimate of drug-likeness (QED) is 0.201. The third-order valence-corrected chi connectivity index (χ3v) is 9.83. The summed E-state index contributed by atoms with van der Waals surface area (Å²) in [6, 6.07) is 52.4. The van der Waals surface area contributed by atoms with E-state index in [1.165, 1.54) is 55.3 Å². The third-order valence-electron chi connectivity index (χ3n) is 9.83. The molecule has 2 unspecified atom stereocenters. The zero-order valence-corrected chi connectivity index (χ0v) is 26.0. The van der Waals surface area contributed by atoms with E-state index in [-0.39, 0.29) is 12.0 Å². The van der Waals surface area contributed by atoms with Gasteiger partial charge in [-0.05, 0) is 89.3 Å². The number of benzene rings is 6. The van der Waals surface area contributed by atoms with Crippen LogP contribution in [0, 0.1) is 18.3 Å². The van der Waals surface area contributed by atoms with Crippen LogP contribution in [0.4, 0.5) is 11.4 Å². The monoisotopic (exact) mass is 601 g/mol. The number of allylic oxidation sites excluding steroid dienone is 2. The zero-order valence-electron chi connectivity index (χ0n) is 26.0. The molecule has 0 bridgehead atoms. The van der Waals surface area contributed by atoms with Crippen LogP contribution in [0.2, 0.25) is 0 Å². The van der Waals surface area contributed by atoms with Crippen LogP contribution in [0.5, 0.6) is 0 Å². The van der Waals surface area contributed by atoms with Gasteiger partial charge in [0, 0.05) is 39.3 Å². The molecule has 47 heavy (non-hydrogen) atoms. The van der Waals surface area contributed by atoms with E-state index in [9.17, 15) is 5.26 Å². The Morgan fingerprint density at radius 2 is 1.38 bits per heavy atom. The normalized spacial score (nSPS) is 16.6. The van der Waals surface area contributed by atoms with Gasteiger partial charge in [-0.2, -0.15) is 5.26 Å². The summed E-state index contributed by atoms with van der Waals surface area (Å²) >= 11 is 0. The molecule has 0 saturated heterocycles. The van der Waals surface area contributed by atoms with Crippen LogP contribution < -0.4 is 4.90 Å². The molecule has 222 valence electrons. The second kappa shape index (κ2) is 10.8. The highest BCUT2D eigenvalue weighted by atomic mass is 15.2. The Labute approximate surface area is 274 Å². The molecule has 9 rings (SSSR count). The fourth-order valence-electron chi connectivity index (χ4n) is 7.91. The first kappa shape index (κ1) is 27.2. The number of nitriles is 1. The number of aryl methyl sites for hydroxylation is 1. The number of rotatable bonds is 4. The summed E-state index contributed by atoms with van der Waals surface area (Å²) in [5.74, 6) is 0.0738. The van der Waals surface area contributed by atoms with Gasteiger partial charge in [-0.1, -0.05) is 103 Å². The van der Waals surface area contributed by atoms with Crippen molar-refractivity contribution in [2.24, 2.45) is 0 Å². The molecule has 1 aliphatic carbocycles. The van der Waals surface area contributed by atoms with E-state index in [0.717, 1.165) is 16.9 Å². The third kappa shape index (κ3) is 4.19. The molecule has 1 aliphatic heterocycles. The molecule has 3 nitrogen and oxygen atoms in total. The molecule has 6 aromatic carbocycles. The lowest BCUT2D eigenvalue weighted by Gasteiger charge is -2.35. The van der Waals surface area contributed by atoms with E-state index in [0.29, 0.717) is 5.56 Å². The fourth-order valence-corrected chi connectivity index (χ4v) is 7.91. The Bertz CT molecular complexity index is 2450. The first-order valence-electron chi connectivity index (χ1n) is 16.2. The number of nitrogens with zero attached hydrogens (tertiary/aromatic N) is 3. The molecule has 2 heterocycles. The smallest absolute Gasteiger partial charge is 0.0991 e. The maximum atomic E-state index is 9.79. The van der Waals surface area contributed by atoms with E-state index in [2.05, 4.69) is 174 Å². The molecule has 7 aromatic rings. The largest absolute Gasteiger partial charge is 0.332 e. The lowest BCUT2D eigenvalue weighted by Crippen LogP contribution is -2.33. The average Bonchev–Trinajstić information content (AvgIpc) is 3.65. The van der Waals surface area contributed by atoms with Crippen molar-refractivity contribution in [2.45, 2.75) is 18.9 Å². The minimum Gasteiger partial charge on any atom is -0.332 e. The van der Waals surface area contributed by atoms with E-state index >= 15 is 0 Å². The highest BCUT2D eigenvalue weighted by Crippen LogP contribution is 2.53. The van der Waals surface area contributed by atoms with Gasteiger partial charge in [-0.15, -0.1) is 0 Å². The molecular formula is C44H31N3. The van der Waals surface area contributed by atoms with Crippen LogP contribution in [0.25, 0.3) is 44.2 Å². The zero-order chi connectivity index (χ0) is 31.5. The van der Waals surface area contributed by atoms with Crippen molar-refractivity contribution in [1.82, 2.24) is 4.57 Å². The molecular weight excluding hydrogens is 571 g/mol. The second-order valence-corrected chi connectivity index (χ2v) is 12.5. The van der Waals surface area contributed by atoms with Crippen molar-refractivity contribution in [3.63, 3.8) is 0 Å². The van der Waals surface area contributed by atoms with E-state index < -0.39 is 0 Å². The van der Waals surface area contributed by atoms with E-state index in [4.69, 9.17) is 0 Å². The topological polar surface area (TPSA) is 32.0 Å². The van der Waals surface area contributed by atoms with Crippen molar-refractivity contribution < 1.29 is 0 Å². The minimum absolute atomic E-state index is 0.0420. The number of hydrogen-bond donors (Lipinski definition) is 0. The first-order valence-corrected chi connectivity index (χ1v) is 16.2. The second-order valence-electron chi connectivity index (χ2n) is 12.5.